The molecule has 4 aromatic rings. The topological polar surface area (TPSA) is 67.3 Å². The number of aromatic nitrogens is 2. The van der Waals surface area contributed by atoms with Crippen LogP contribution in [-0.4, -0.2) is 17.1 Å². The van der Waals surface area contributed by atoms with E-state index in [-0.39, 0.29) is 6.54 Å². The van der Waals surface area contributed by atoms with E-state index < -0.39 is 0 Å². The first kappa shape index (κ1) is 17.6. The standard InChI is InChI=1S/C21H18ClN3O2/c1-27-12-16-18(11-24-26)23-10-19-21(16)20-14(3-2-4-17(20)25-19)9-13-5-7-15(22)8-6-13/h2-8,10,25H,9,11-12H2,1H3. The van der Waals surface area contributed by atoms with Crippen LogP contribution in [0.4, 0.5) is 0 Å². The predicted molar refractivity (Wildman–Crippen MR) is 108 cm³/mol. The molecule has 1 N–H and O–H groups in total. The molecule has 6 heteroatoms. The minimum absolute atomic E-state index is 0.0284. The monoisotopic (exact) mass is 379 g/mol. The molecule has 0 bridgehead atoms. The molecule has 4 rings (SSSR count). The highest BCUT2D eigenvalue weighted by molar-refractivity contribution is 6.30. The van der Waals surface area contributed by atoms with Crippen molar-refractivity contribution in [2.24, 2.45) is 5.18 Å². The number of H-pyrrole nitrogens is 1. The number of methoxy groups -OCH3 is 1. The molecule has 0 unspecified atom stereocenters. The van der Waals surface area contributed by atoms with Crippen molar-refractivity contribution in [3.63, 3.8) is 0 Å². The van der Waals surface area contributed by atoms with Gasteiger partial charge in [0.05, 0.1) is 24.0 Å². The van der Waals surface area contributed by atoms with Crippen molar-refractivity contribution in [2.45, 2.75) is 19.6 Å². The molecule has 27 heavy (non-hydrogen) atoms. The van der Waals surface area contributed by atoms with Crippen LogP contribution in [0, 0.1) is 4.91 Å². The third-order valence-electron chi connectivity index (χ3n) is 4.75. The van der Waals surface area contributed by atoms with E-state index in [1.165, 1.54) is 11.1 Å². The molecule has 0 aliphatic heterocycles. The Bertz CT molecular complexity index is 1120. The number of benzene rings is 2. The minimum Gasteiger partial charge on any atom is -0.380 e. The van der Waals surface area contributed by atoms with Gasteiger partial charge in [-0.15, -0.1) is 0 Å². The van der Waals surface area contributed by atoms with Gasteiger partial charge in [-0.3, -0.25) is 4.98 Å². The van der Waals surface area contributed by atoms with Gasteiger partial charge >= 0.3 is 0 Å². The molecule has 2 heterocycles. The second-order valence-electron chi connectivity index (χ2n) is 6.46. The number of nitrogens with zero attached hydrogens (tertiary/aromatic N) is 2. The summed E-state index contributed by atoms with van der Waals surface area (Å²) in [5.74, 6) is 0. The summed E-state index contributed by atoms with van der Waals surface area (Å²) >= 11 is 6.01. The number of nitroso groups, excluding NO2 is 1. The zero-order valence-electron chi connectivity index (χ0n) is 14.8. The predicted octanol–water partition coefficient (Wildman–Crippen LogP) is 5.37. The summed E-state index contributed by atoms with van der Waals surface area (Å²) in [6.45, 7) is 0.401. The minimum atomic E-state index is 0.0284. The molecule has 5 nitrogen and oxygen atoms in total. The summed E-state index contributed by atoms with van der Waals surface area (Å²) in [6.07, 6.45) is 2.54. The molecular weight excluding hydrogens is 362 g/mol. The third-order valence-corrected chi connectivity index (χ3v) is 5.00. The molecule has 0 saturated carbocycles. The lowest BCUT2D eigenvalue weighted by Crippen LogP contribution is -2.00. The molecule has 0 fully saturated rings. The maximum absolute atomic E-state index is 10.9. The number of rotatable bonds is 6. The van der Waals surface area contributed by atoms with E-state index in [0.29, 0.717) is 12.3 Å². The smallest absolute Gasteiger partial charge is 0.124 e. The number of hydrogen-bond acceptors (Lipinski definition) is 4. The highest BCUT2D eigenvalue weighted by atomic mass is 35.5. The Morgan fingerprint density at radius 3 is 2.67 bits per heavy atom. The van der Waals surface area contributed by atoms with Crippen LogP contribution in [0.5, 0.6) is 0 Å². The molecular formula is C21H18ClN3O2. The van der Waals surface area contributed by atoms with Crippen molar-refractivity contribution in [3.05, 3.63) is 81.0 Å². The van der Waals surface area contributed by atoms with Gasteiger partial charge in [0.25, 0.3) is 0 Å². The molecule has 2 aromatic heterocycles. The van der Waals surface area contributed by atoms with E-state index in [2.05, 4.69) is 27.3 Å². The quantitative estimate of drug-likeness (QED) is 0.458. The molecule has 0 atom stereocenters. The van der Waals surface area contributed by atoms with Gasteiger partial charge in [-0.1, -0.05) is 41.0 Å². The van der Waals surface area contributed by atoms with Crippen LogP contribution in [-0.2, 0) is 24.3 Å². The first-order chi connectivity index (χ1) is 13.2. The van der Waals surface area contributed by atoms with Gasteiger partial charge in [0.2, 0.25) is 0 Å². The van der Waals surface area contributed by atoms with Crippen molar-refractivity contribution in [1.82, 2.24) is 9.97 Å². The summed E-state index contributed by atoms with van der Waals surface area (Å²) in [4.78, 5) is 18.7. The van der Waals surface area contributed by atoms with Crippen LogP contribution in [0.3, 0.4) is 0 Å². The maximum atomic E-state index is 10.9. The number of halogens is 1. The van der Waals surface area contributed by atoms with E-state index >= 15 is 0 Å². The molecule has 0 amide bonds. The normalized spacial score (nSPS) is 11.3. The molecule has 0 aliphatic rings. The van der Waals surface area contributed by atoms with Crippen LogP contribution in [0.2, 0.25) is 5.02 Å². The number of aromatic amines is 1. The number of pyridine rings is 1. The molecule has 0 aliphatic carbocycles. The van der Waals surface area contributed by atoms with Crippen molar-refractivity contribution < 1.29 is 4.74 Å². The third kappa shape index (κ3) is 3.31. The van der Waals surface area contributed by atoms with Crippen LogP contribution in [0.15, 0.2) is 53.8 Å². The number of fused-ring (bicyclic) bond motifs is 3. The Hall–Kier alpha value is -2.76. The summed E-state index contributed by atoms with van der Waals surface area (Å²) in [6, 6.07) is 14.1. The lowest BCUT2D eigenvalue weighted by atomic mass is 9.97. The van der Waals surface area contributed by atoms with Gasteiger partial charge in [0, 0.05) is 34.0 Å². The van der Waals surface area contributed by atoms with Gasteiger partial charge in [0.15, 0.2) is 0 Å². The molecule has 0 spiro atoms. The zero-order chi connectivity index (χ0) is 18.8. The van der Waals surface area contributed by atoms with Gasteiger partial charge in [-0.25, -0.2) is 0 Å². The lowest BCUT2D eigenvalue weighted by molar-refractivity contribution is 0.185. The largest absolute Gasteiger partial charge is 0.380 e. The first-order valence-corrected chi connectivity index (χ1v) is 9.01. The molecule has 0 saturated heterocycles. The summed E-state index contributed by atoms with van der Waals surface area (Å²) < 4.78 is 5.40. The van der Waals surface area contributed by atoms with Crippen molar-refractivity contribution in [3.8, 4) is 0 Å². The zero-order valence-corrected chi connectivity index (χ0v) is 15.6. The molecule has 136 valence electrons. The van der Waals surface area contributed by atoms with Gasteiger partial charge < -0.3 is 9.72 Å². The molecule has 2 aromatic carbocycles. The fourth-order valence-electron chi connectivity index (χ4n) is 3.58. The highest BCUT2D eigenvalue weighted by Crippen LogP contribution is 2.33. The van der Waals surface area contributed by atoms with Crippen molar-refractivity contribution in [1.29, 1.82) is 0 Å². The Morgan fingerprint density at radius 1 is 1.11 bits per heavy atom. The van der Waals surface area contributed by atoms with Crippen LogP contribution in [0.25, 0.3) is 21.8 Å². The average Bonchev–Trinajstić information content (AvgIpc) is 3.05. The fraction of sp³-hybridized carbons (Fsp3) is 0.190. The SMILES string of the molecule is COCc1c(CN=O)ncc2[nH]c3cccc(Cc4ccc(Cl)cc4)c3c12. The maximum Gasteiger partial charge on any atom is 0.124 e. The Labute approximate surface area is 161 Å². The number of hydrogen-bond donors (Lipinski definition) is 1. The van der Waals surface area contributed by atoms with Crippen LogP contribution in [0.1, 0.15) is 22.4 Å². The average molecular weight is 380 g/mol. The highest BCUT2D eigenvalue weighted by Gasteiger charge is 2.17. The summed E-state index contributed by atoms with van der Waals surface area (Å²) in [5, 5.41) is 5.93. The second kappa shape index (κ2) is 7.47. The van der Waals surface area contributed by atoms with Gasteiger partial charge in [-0.05, 0) is 35.7 Å². The van der Waals surface area contributed by atoms with Crippen molar-refractivity contribution in [2.75, 3.05) is 7.11 Å². The first-order valence-electron chi connectivity index (χ1n) is 8.63. The number of nitrogens with one attached hydrogen (secondary N) is 1. The van der Waals surface area contributed by atoms with E-state index in [9.17, 15) is 4.91 Å². The lowest BCUT2D eigenvalue weighted by Gasteiger charge is -2.10. The van der Waals surface area contributed by atoms with E-state index in [0.717, 1.165) is 38.8 Å². The second-order valence-corrected chi connectivity index (χ2v) is 6.90. The Balaban J connectivity index is 1.95. The van der Waals surface area contributed by atoms with E-state index in [1.807, 2.05) is 30.3 Å². The number of ether oxygens (including phenoxy) is 1. The fourth-order valence-corrected chi connectivity index (χ4v) is 3.71. The van der Waals surface area contributed by atoms with Crippen LogP contribution >= 0.6 is 11.6 Å². The van der Waals surface area contributed by atoms with Gasteiger partial charge in [0.1, 0.15) is 6.54 Å². The Morgan fingerprint density at radius 2 is 1.93 bits per heavy atom. The van der Waals surface area contributed by atoms with E-state index in [1.54, 1.807) is 13.3 Å². The summed E-state index contributed by atoms with van der Waals surface area (Å²) in [7, 11) is 1.64. The van der Waals surface area contributed by atoms with E-state index in [4.69, 9.17) is 16.3 Å². The van der Waals surface area contributed by atoms with Crippen molar-refractivity contribution >= 4 is 33.4 Å². The summed E-state index contributed by atoms with van der Waals surface area (Å²) in [5.41, 5.74) is 5.89. The van der Waals surface area contributed by atoms with Crippen LogP contribution < -0.4 is 0 Å². The van der Waals surface area contributed by atoms with Gasteiger partial charge in [-0.2, -0.15) is 4.91 Å². The Kier molecular flexibility index (Phi) is 4.88. The molecule has 0 radical (unpaired) electrons.